The minimum absolute atomic E-state index is 0.136. The number of aromatic nitrogens is 3. The lowest BCUT2D eigenvalue weighted by atomic mass is 10.2. The smallest absolute Gasteiger partial charge is 0.365 e. The number of carbonyl (C=O) groups excluding carboxylic acids is 2. The number of hydrogen-bond donors (Lipinski definition) is 3. The van der Waals surface area contributed by atoms with Crippen LogP contribution in [0.15, 0.2) is 24.7 Å². The molecule has 0 saturated heterocycles. The van der Waals surface area contributed by atoms with E-state index in [1.165, 1.54) is 23.7 Å². The van der Waals surface area contributed by atoms with Crippen LogP contribution in [0, 0.1) is 0 Å². The number of halogens is 4. The second-order valence-corrected chi connectivity index (χ2v) is 8.54. The molecule has 3 aromatic heterocycles. The summed E-state index contributed by atoms with van der Waals surface area (Å²) in [7, 11) is 1.69. The summed E-state index contributed by atoms with van der Waals surface area (Å²) in [5.41, 5.74) is -1.11. The van der Waals surface area contributed by atoms with E-state index in [0.717, 1.165) is 17.5 Å². The first-order valence-corrected chi connectivity index (χ1v) is 10.5. The molecule has 3 N–H and O–H groups in total. The van der Waals surface area contributed by atoms with Crippen molar-refractivity contribution >= 4 is 57.0 Å². The zero-order valence-electron chi connectivity index (χ0n) is 15.9. The van der Waals surface area contributed by atoms with E-state index < -0.39 is 28.7 Å². The van der Waals surface area contributed by atoms with E-state index in [2.05, 4.69) is 30.9 Å². The minimum Gasteiger partial charge on any atom is -0.365 e. The lowest BCUT2D eigenvalue weighted by Crippen LogP contribution is -2.25. The van der Waals surface area contributed by atoms with Crippen LogP contribution in [0.2, 0.25) is 5.02 Å². The highest BCUT2D eigenvalue weighted by Crippen LogP contribution is 2.35. The summed E-state index contributed by atoms with van der Waals surface area (Å²) < 4.78 is 38.9. The first-order chi connectivity index (χ1) is 14.6. The topological polar surface area (TPSA) is 109 Å². The van der Waals surface area contributed by atoms with Gasteiger partial charge in [0.25, 0.3) is 11.8 Å². The lowest BCUT2D eigenvalue weighted by molar-refractivity contribution is -0.137. The highest BCUT2D eigenvalue weighted by Gasteiger charge is 2.34. The van der Waals surface area contributed by atoms with Crippen molar-refractivity contribution in [1.29, 1.82) is 0 Å². The zero-order valence-corrected chi connectivity index (χ0v) is 18.3. The molecule has 3 rings (SSSR count). The first kappa shape index (κ1) is 22.9. The number of nitrogens with zero attached hydrogens (tertiary/aromatic N) is 3. The fraction of sp³-hybridized carbons (Fsp3) is 0.235. The van der Waals surface area contributed by atoms with Crippen LogP contribution in [0.5, 0.6) is 0 Å². The van der Waals surface area contributed by atoms with E-state index in [9.17, 15) is 22.8 Å². The van der Waals surface area contributed by atoms with Crippen molar-refractivity contribution in [3.8, 4) is 0 Å². The Morgan fingerprint density at radius 3 is 2.39 bits per heavy atom. The average Bonchev–Trinajstić information content (AvgIpc) is 3.38. The minimum atomic E-state index is -4.68. The summed E-state index contributed by atoms with van der Waals surface area (Å²) in [4.78, 5) is 37.1. The number of nitrogens with one attached hydrogen (secondary N) is 3. The van der Waals surface area contributed by atoms with Gasteiger partial charge >= 0.3 is 6.18 Å². The molecule has 14 heteroatoms. The van der Waals surface area contributed by atoms with Crippen LogP contribution in [0.4, 0.5) is 24.1 Å². The van der Waals surface area contributed by atoms with Gasteiger partial charge in [-0.15, -0.1) is 11.3 Å². The molecular formula is C17H14ClF3N6O2S2. The molecule has 0 aliphatic rings. The van der Waals surface area contributed by atoms with Gasteiger partial charge in [-0.05, 0) is 13.0 Å². The van der Waals surface area contributed by atoms with Gasteiger partial charge in [0.15, 0.2) is 5.13 Å². The summed E-state index contributed by atoms with van der Waals surface area (Å²) in [6.45, 7) is 1.69. The van der Waals surface area contributed by atoms with Gasteiger partial charge in [0.1, 0.15) is 20.6 Å². The summed E-state index contributed by atoms with van der Waals surface area (Å²) in [6.07, 6.45) is -1.16. The number of pyridine rings is 1. The van der Waals surface area contributed by atoms with Crippen LogP contribution >= 0.6 is 34.3 Å². The van der Waals surface area contributed by atoms with Gasteiger partial charge in [0, 0.05) is 13.2 Å². The Hall–Kier alpha value is -2.77. The molecule has 0 radical (unpaired) electrons. The van der Waals surface area contributed by atoms with Crippen LogP contribution in [0.25, 0.3) is 0 Å². The Labute approximate surface area is 186 Å². The SMILES string of the molecule is CNc1ncc(C(=O)N[C@H](C)c2ncc(C(=O)Nc3cc(C(F)(F)F)c(Cl)cn3)s2)s1. The molecule has 1 atom stereocenters. The molecule has 3 heterocycles. The van der Waals surface area contributed by atoms with Crippen LogP contribution in [-0.4, -0.2) is 33.8 Å². The van der Waals surface area contributed by atoms with Crippen LogP contribution in [0.1, 0.15) is 42.9 Å². The highest BCUT2D eigenvalue weighted by molar-refractivity contribution is 7.17. The Kier molecular flexibility index (Phi) is 6.77. The summed E-state index contributed by atoms with van der Waals surface area (Å²) >= 11 is 7.69. The maximum absolute atomic E-state index is 13.0. The van der Waals surface area contributed by atoms with E-state index in [4.69, 9.17) is 11.6 Å². The predicted octanol–water partition coefficient (Wildman–Crippen LogP) is 4.45. The van der Waals surface area contributed by atoms with Gasteiger partial charge in [-0.1, -0.05) is 22.9 Å². The number of amides is 2. The molecule has 0 saturated carbocycles. The Bertz CT molecular complexity index is 1120. The van der Waals surface area contributed by atoms with Gasteiger partial charge in [0.2, 0.25) is 0 Å². The molecule has 0 unspecified atom stereocenters. The molecule has 3 aromatic rings. The van der Waals surface area contributed by atoms with Crippen molar-refractivity contribution in [2.45, 2.75) is 19.1 Å². The van der Waals surface area contributed by atoms with Crippen LogP contribution in [-0.2, 0) is 6.18 Å². The molecule has 0 fully saturated rings. The van der Waals surface area contributed by atoms with Gasteiger partial charge in [-0.2, -0.15) is 13.2 Å². The van der Waals surface area contributed by atoms with E-state index in [0.29, 0.717) is 21.1 Å². The Morgan fingerprint density at radius 1 is 1.06 bits per heavy atom. The van der Waals surface area contributed by atoms with Crippen LogP contribution in [0.3, 0.4) is 0 Å². The molecule has 0 bridgehead atoms. The highest BCUT2D eigenvalue weighted by atomic mass is 35.5. The largest absolute Gasteiger partial charge is 0.418 e. The zero-order chi connectivity index (χ0) is 22.8. The van der Waals surface area contributed by atoms with Gasteiger partial charge in [0.05, 0.1) is 29.0 Å². The standard InChI is InChI=1S/C17H14ClF3N6O2S2/c1-7(26-13(28)11-6-25-16(22-2)31-11)15-24-5-10(30-15)14(29)27-12-3-8(17(19,20)21)9(18)4-23-12/h3-7H,1-2H3,(H,22,25)(H,26,28)(H,23,27,29)/t7-/m1/s1. The normalized spacial score (nSPS) is 12.3. The molecule has 2 amide bonds. The summed E-state index contributed by atoms with van der Waals surface area (Å²) in [5.74, 6) is -1.34. The Morgan fingerprint density at radius 2 is 1.74 bits per heavy atom. The number of anilines is 2. The molecule has 0 aliphatic heterocycles. The van der Waals surface area contributed by atoms with E-state index in [-0.39, 0.29) is 16.6 Å². The molecular weight excluding hydrogens is 477 g/mol. The van der Waals surface area contributed by atoms with E-state index >= 15 is 0 Å². The van der Waals surface area contributed by atoms with E-state index in [1.54, 1.807) is 14.0 Å². The van der Waals surface area contributed by atoms with Gasteiger partial charge < -0.3 is 16.0 Å². The van der Waals surface area contributed by atoms with Crippen molar-refractivity contribution in [3.05, 3.63) is 50.0 Å². The number of rotatable bonds is 6. The van der Waals surface area contributed by atoms with Gasteiger partial charge in [-0.25, -0.2) is 15.0 Å². The lowest BCUT2D eigenvalue weighted by Gasteiger charge is -2.10. The van der Waals surface area contributed by atoms with Crippen molar-refractivity contribution in [1.82, 2.24) is 20.3 Å². The van der Waals surface area contributed by atoms with Crippen molar-refractivity contribution < 1.29 is 22.8 Å². The maximum Gasteiger partial charge on any atom is 0.418 e. The average molecular weight is 491 g/mol. The maximum atomic E-state index is 13.0. The number of hydrogen-bond acceptors (Lipinski definition) is 8. The molecule has 0 aromatic carbocycles. The monoisotopic (exact) mass is 490 g/mol. The quantitative estimate of drug-likeness (QED) is 0.471. The summed E-state index contributed by atoms with van der Waals surface area (Å²) in [6, 6.07) is 0.143. The predicted molar refractivity (Wildman–Crippen MR) is 112 cm³/mol. The fourth-order valence-electron chi connectivity index (χ4n) is 2.32. The van der Waals surface area contributed by atoms with Crippen molar-refractivity contribution in [2.24, 2.45) is 0 Å². The molecule has 0 spiro atoms. The number of thiazole rings is 2. The molecule has 31 heavy (non-hydrogen) atoms. The molecule has 164 valence electrons. The third-order valence-corrected chi connectivity index (χ3v) is 6.30. The van der Waals surface area contributed by atoms with Crippen molar-refractivity contribution in [3.63, 3.8) is 0 Å². The summed E-state index contributed by atoms with van der Waals surface area (Å²) in [5, 5.41) is 8.34. The van der Waals surface area contributed by atoms with E-state index in [1.807, 2.05) is 0 Å². The molecule has 0 aliphatic carbocycles. The van der Waals surface area contributed by atoms with Crippen LogP contribution < -0.4 is 16.0 Å². The number of alkyl halides is 3. The second-order valence-electron chi connectivity index (χ2n) is 6.04. The first-order valence-electron chi connectivity index (χ1n) is 8.52. The van der Waals surface area contributed by atoms with Gasteiger partial charge in [-0.3, -0.25) is 9.59 Å². The Balaban J connectivity index is 1.67. The third kappa shape index (κ3) is 5.48. The fourth-order valence-corrected chi connectivity index (χ4v) is 4.02. The number of carbonyl (C=O) groups is 2. The second kappa shape index (κ2) is 9.16. The van der Waals surface area contributed by atoms with Crippen molar-refractivity contribution in [2.75, 3.05) is 17.7 Å². The third-order valence-electron chi connectivity index (χ3n) is 3.81. The molecule has 8 nitrogen and oxygen atoms in total.